The van der Waals surface area contributed by atoms with E-state index in [1.165, 1.54) is 0 Å². The van der Waals surface area contributed by atoms with Crippen LogP contribution < -0.4 is 0 Å². The maximum Gasteiger partial charge on any atom is 0.339 e. The van der Waals surface area contributed by atoms with Crippen molar-refractivity contribution in [2.75, 3.05) is 6.61 Å². The Labute approximate surface area is 177 Å². The van der Waals surface area contributed by atoms with E-state index in [9.17, 15) is 9.59 Å². The summed E-state index contributed by atoms with van der Waals surface area (Å²) in [5.41, 5.74) is 1.87. The van der Waals surface area contributed by atoms with E-state index in [1.54, 1.807) is 45.0 Å². The molecule has 2 aromatic carbocycles. The van der Waals surface area contributed by atoms with Gasteiger partial charge in [0.1, 0.15) is 0 Å². The van der Waals surface area contributed by atoms with Crippen LogP contribution in [0.15, 0.2) is 53.0 Å². The van der Waals surface area contributed by atoms with Crippen LogP contribution >= 0.6 is 27.5 Å². The van der Waals surface area contributed by atoms with Crippen LogP contribution in [0.5, 0.6) is 0 Å². The first kappa shape index (κ1) is 20.5. The molecule has 0 radical (unpaired) electrons. The fourth-order valence-corrected chi connectivity index (χ4v) is 3.00. The lowest BCUT2D eigenvalue weighted by molar-refractivity contribution is -0.129. The summed E-state index contributed by atoms with van der Waals surface area (Å²) in [5.74, 6) is -0.726. The number of pyridine rings is 1. The average molecular weight is 461 g/mol. The molecule has 0 saturated heterocycles. The molecule has 0 atom stereocenters. The summed E-state index contributed by atoms with van der Waals surface area (Å²) >= 11 is 9.53. The molecule has 0 amide bonds. The molecule has 3 rings (SSSR count). The monoisotopic (exact) mass is 459 g/mol. The number of aromatic nitrogens is 1. The highest BCUT2D eigenvalue weighted by molar-refractivity contribution is 9.10. The van der Waals surface area contributed by atoms with Gasteiger partial charge in [-0.3, -0.25) is 4.79 Å². The summed E-state index contributed by atoms with van der Waals surface area (Å²) < 4.78 is 6.26. The van der Waals surface area contributed by atoms with Gasteiger partial charge in [-0.1, -0.05) is 60.4 Å². The van der Waals surface area contributed by atoms with Crippen LogP contribution in [0, 0.1) is 5.41 Å². The minimum absolute atomic E-state index is 0.148. The summed E-state index contributed by atoms with van der Waals surface area (Å²) in [5, 5.41) is 1.08. The van der Waals surface area contributed by atoms with Crippen molar-refractivity contribution in [3.05, 3.63) is 63.6 Å². The molecule has 0 fully saturated rings. The minimum Gasteiger partial charge on any atom is -0.454 e. The van der Waals surface area contributed by atoms with Crippen molar-refractivity contribution in [1.82, 2.24) is 4.98 Å². The molecular formula is C22H19BrClNO3. The fourth-order valence-electron chi connectivity index (χ4n) is 2.56. The van der Waals surface area contributed by atoms with E-state index in [0.29, 0.717) is 27.2 Å². The van der Waals surface area contributed by atoms with Crippen molar-refractivity contribution in [1.29, 1.82) is 0 Å². The average Bonchev–Trinajstić information content (AvgIpc) is 2.64. The number of nitrogens with zero attached hydrogens (tertiary/aromatic N) is 1. The largest absolute Gasteiger partial charge is 0.454 e. The van der Waals surface area contributed by atoms with E-state index >= 15 is 0 Å². The molecule has 0 saturated carbocycles. The number of ether oxygens (including phenoxy) is 1. The van der Waals surface area contributed by atoms with E-state index in [0.717, 1.165) is 10.0 Å². The molecule has 6 heteroatoms. The third-order valence-electron chi connectivity index (χ3n) is 4.30. The quantitative estimate of drug-likeness (QED) is 0.442. The standard InChI is InChI=1S/C22H19BrClNO3/c1-22(2,3)20(26)12-28-21(27)17-11-19(13-4-6-14(23)7-5-13)25-18-9-8-15(24)10-16(17)18/h4-11H,12H2,1-3H3. The second-order valence-corrected chi connectivity index (χ2v) is 8.82. The maximum atomic E-state index is 12.8. The molecule has 0 N–H and O–H groups in total. The number of hydrogen-bond acceptors (Lipinski definition) is 4. The topological polar surface area (TPSA) is 56.3 Å². The summed E-state index contributed by atoms with van der Waals surface area (Å²) in [6.45, 7) is 5.09. The van der Waals surface area contributed by atoms with Gasteiger partial charge in [-0.25, -0.2) is 9.78 Å². The first-order valence-corrected chi connectivity index (χ1v) is 9.89. The van der Waals surface area contributed by atoms with Crippen LogP contribution in [-0.2, 0) is 9.53 Å². The number of esters is 1. The number of benzene rings is 2. The normalized spacial score (nSPS) is 11.5. The number of Topliss-reactive ketones (excluding diaryl/α,β-unsaturated/α-hetero) is 1. The highest BCUT2D eigenvalue weighted by Crippen LogP contribution is 2.28. The van der Waals surface area contributed by atoms with E-state index in [2.05, 4.69) is 20.9 Å². The molecule has 0 unspecified atom stereocenters. The van der Waals surface area contributed by atoms with Crippen LogP contribution in [-0.4, -0.2) is 23.3 Å². The van der Waals surface area contributed by atoms with Gasteiger partial charge in [0, 0.05) is 25.9 Å². The molecule has 0 bridgehead atoms. The molecule has 0 aliphatic heterocycles. The Kier molecular flexibility index (Phi) is 5.87. The number of carbonyl (C=O) groups is 2. The zero-order valence-corrected chi connectivity index (χ0v) is 18.1. The van der Waals surface area contributed by atoms with Crippen molar-refractivity contribution in [2.24, 2.45) is 5.41 Å². The van der Waals surface area contributed by atoms with Crippen LogP contribution in [0.1, 0.15) is 31.1 Å². The zero-order valence-electron chi connectivity index (χ0n) is 15.8. The smallest absolute Gasteiger partial charge is 0.339 e. The number of hydrogen-bond donors (Lipinski definition) is 0. The Morgan fingerprint density at radius 3 is 2.39 bits per heavy atom. The van der Waals surface area contributed by atoms with Crippen molar-refractivity contribution in [3.8, 4) is 11.3 Å². The van der Waals surface area contributed by atoms with E-state index in [1.807, 2.05) is 24.3 Å². The van der Waals surface area contributed by atoms with Gasteiger partial charge in [0.2, 0.25) is 0 Å². The van der Waals surface area contributed by atoms with Crippen LogP contribution in [0.4, 0.5) is 0 Å². The highest BCUT2D eigenvalue weighted by atomic mass is 79.9. The third kappa shape index (κ3) is 4.59. The zero-order chi connectivity index (χ0) is 20.5. The molecule has 0 aliphatic rings. The molecule has 28 heavy (non-hydrogen) atoms. The number of ketones is 1. The van der Waals surface area contributed by atoms with Crippen LogP contribution in [0.3, 0.4) is 0 Å². The molecule has 3 aromatic rings. The Morgan fingerprint density at radius 1 is 1.07 bits per heavy atom. The number of halogens is 2. The highest BCUT2D eigenvalue weighted by Gasteiger charge is 2.24. The lowest BCUT2D eigenvalue weighted by atomic mass is 9.91. The van der Waals surface area contributed by atoms with Gasteiger partial charge in [0.25, 0.3) is 0 Å². The molecule has 4 nitrogen and oxygen atoms in total. The van der Waals surface area contributed by atoms with Gasteiger partial charge >= 0.3 is 5.97 Å². The second kappa shape index (κ2) is 8.02. The Hall–Kier alpha value is -2.24. The summed E-state index contributed by atoms with van der Waals surface area (Å²) in [6, 6.07) is 14.5. The van der Waals surface area contributed by atoms with Crippen LogP contribution in [0.2, 0.25) is 5.02 Å². The Balaban J connectivity index is 2.03. The van der Waals surface area contributed by atoms with Gasteiger partial charge in [-0.15, -0.1) is 0 Å². The van der Waals surface area contributed by atoms with Crippen molar-refractivity contribution in [2.45, 2.75) is 20.8 Å². The first-order chi connectivity index (χ1) is 13.1. The van der Waals surface area contributed by atoms with Gasteiger partial charge in [-0.2, -0.15) is 0 Å². The Bertz CT molecular complexity index is 1060. The lowest BCUT2D eigenvalue weighted by Crippen LogP contribution is -2.26. The van der Waals surface area contributed by atoms with Gasteiger partial charge in [0.05, 0.1) is 16.8 Å². The first-order valence-electron chi connectivity index (χ1n) is 8.72. The molecule has 0 spiro atoms. The third-order valence-corrected chi connectivity index (χ3v) is 5.07. The van der Waals surface area contributed by atoms with Gasteiger partial charge < -0.3 is 4.74 Å². The lowest BCUT2D eigenvalue weighted by Gasteiger charge is -2.16. The van der Waals surface area contributed by atoms with E-state index in [4.69, 9.17) is 16.3 Å². The van der Waals surface area contributed by atoms with Crippen molar-refractivity contribution >= 4 is 50.2 Å². The molecular weight excluding hydrogens is 442 g/mol. The summed E-state index contributed by atoms with van der Waals surface area (Å²) in [6.07, 6.45) is 0. The number of carbonyl (C=O) groups excluding carboxylic acids is 2. The van der Waals surface area contributed by atoms with Crippen molar-refractivity contribution in [3.63, 3.8) is 0 Å². The Morgan fingerprint density at radius 2 is 1.75 bits per heavy atom. The van der Waals surface area contributed by atoms with Gasteiger partial charge in [-0.05, 0) is 36.4 Å². The number of rotatable bonds is 4. The van der Waals surface area contributed by atoms with E-state index < -0.39 is 11.4 Å². The molecule has 144 valence electrons. The number of fused-ring (bicyclic) bond motifs is 1. The van der Waals surface area contributed by atoms with E-state index in [-0.39, 0.29) is 12.4 Å². The summed E-state index contributed by atoms with van der Waals surface area (Å²) in [7, 11) is 0. The molecule has 1 aromatic heterocycles. The predicted octanol–water partition coefficient (Wildman–Crippen LogP) is 6.09. The minimum atomic E-state index is -0.578. The van der Waals surface area contributed by atoms with Crippen LogP contribution in [0.25, 0.3) is 22.2 Å². The second-order valence-electron chi connectivity index (χ2n) is 7.47. The maximum absolute atomic E-state index is 12.8. The summed E-state index contributed by atoms with van der Waals surface area (Å²) in [4.78, 5) is 29.6. The predicted molar refractivity (Wildman–Crippen MR) is 115 cm³/mol. The molecule has 1 heterocycles. The van der Waals surface area contributed by atoms with Gasteiger partial charge in [0.15, 0.2) is 12.4 Å². The fraction of sp³-hybridized carbons (Fsp3) is 0.227. The molecule has 0 aliphatic carbocycles. The van der Waals surface area contributed by atoms with Crippen molar-refractivity contribution < 1.29 is 14.3 Å². The SMILES string of the molecule is CC(C)(C)C(=O)COC(=O)c1cc(-c2ccc(Br)cc2)nc2ccc(Cl)cc12.